The predicted molar refractivity (Wildman–Crippen MR) is 29.9 cm³/mol. The van der Waals surface area contributed by atoms with Gasteiger partial charge in [-0.05, 0) is 0 Å². The zero-order valence-electron chi connectivity index (χ0n) is 4.33. The topological polar surface area (TPSA) is 17.8 Å². The molecule has 0 atom stereocenters. The first-order chi connectivity index (χ1) is 3.93. The number of rotatable bonds is 1. The largest absolute Gasteiger partial charge is 0.260 e. The Kier molecular flexibility index (Phi) is 1.34. The summed E-state index contributed by atoms with van der Waals surface area (Å²) in [5.41, 5.74) is 0. The quantitative estimate of drug-likeness (QED) is 0.470. The molecule has 0 saturated heterocycles. The van der Waals surface area contributed by atoms with Crippen molar-refractivity contribution in [2.24, 2.45) is 0 Å². The van der Waals surface area contributed by atoms with Gasteiger partial charge in [0.15, 0.2) is 0 Å². The summed E-state index contributed by atoms with van der Waals surface area (Å²) in [6.45, 7) is 0.531. The van der Waals surface area contributed by atoms with Gasteiger partial charge in [0.1, 0.15) is 6.54 Å². The Hall–Kier alpha value is -1.23. The standard InChI is InChI=1S/C6H5N2/c1-2-5-8-6-3-4-7-8/h1,4,6H,5H2. The highest BCUT2D eigenvalue weighted by Crippen LogP contribution is 1.79. The van der Waals surface area contributed by atoms with E-state index in [9.17, 15) is 0 Å². The van der Waals surface area contributed by atoms with E-state index in [1.165, 1.54) is 0 Å². The molecule has 2 heteroatoms. The van der Waals surface area contributed by atoms with Crippen LogP contribution in [0.5, 0.6) is 0 Å². The first kappa shape index (κ1) is 4.92. The van der Waals surface area contributed by atoms with Gasteiger partial charge in [0, 0.05) is 12.3 Å². The lowest BCUT2D eigenvalue weighted by atomic mass is 10.7. The Bertz CT molecular complexity index is 181. The lowest BCUT2D eigenvalue weighted by molar-refractivity contribution is 0.715. The van der Waals surface area contributed by atoms with Crippen LogP contribution >= 0.6 is 0 Å². The van der Waals surface area contributed by atoms with Gasteiger partial charge in [-0.2, -0.15) is 5.10 Å². The van der Waals surface area contributed by atoms with Gasteiger partial charge in [0.25, 0.3) is 0 Å². The Labute approximate surface area is 48.1 Å². The first-order valence-corrected chi connectivity index (χ1v) is 2.25. The Morgan fingerprint density at radius 3 is 3.25 bits per heavy atom. The van der Waals surface area contributed by atoms with Gasteiger partial charge in [-0.3, -0.25) is 4.68 Å². The smallest absolute Gasteiger partial charge is 0.101 e. The molecule has 0 aliphatic carbocycles. The maximum absolute atomic E-state index is 5.00. The summed E-state index contributed by atoms with van der Waals surface area (Å²) in [5.74, 6) is 2.45. The molecule has 1 aromatic heterocycles. The van der Waals surface area contributed by atoms with Crippen LogP contribution in [0.25, 0.3) is 0 Å². The minimum Gasteiger partial charge on any atom is -0.260 e. The molecule has 0 aliphatic heterocycles. The lowest BCUT2D eigenvalue weighted by Gasteiger charge is -1.87. The highest BCUT2D eigenvalue weighted by molar-refractivity contribution is 4.86. The van der Waals surface area contributed by atoms with Crippen molar-refractivity contribution >= 4 is 0 Å². The molecule has 0 unspecified atom stereocenters. The van der Waals surface area contributed by atoms with E-state index in [0.29, 0.717) is 6.54 Å². The van der Waals surface area contributed by atoms with Gasteiger partial charge in [0.2, 0.25) is 0 Å². The fourth-order valence-corrected chi connectivity index (χ4v) is 0.440. The fraction of sp³-hybridized carbons (Fsp3) is 0.167. The zero-order valence-corrected chi connectivity index (χ0v) is 4.33. The van der Waals surface area contributed by atoms with Gasteiger partial charge >= 0.3 is 0 Å². The maximum Gasteiger partial charge on any atom is 0.101 e. The summed E-state index contributed by atoms with van der Waals surface area (Å²) >= 11 is 0. The molecular formula is C6H5N2. The van der Waals surface area contributed by atoms with Crippen molar-refractivity contribution in [1.29, 1.82) is 0 Å². The molecule has 0 saturated carbocycles. The summed E-state index contributed by atoms with van der Waals surface area (Å²) in [6, 6.07) is 2.77. The molecule has 0 bridgehead atoms. The van der Waals surface area contributed by atoms with Crippen LogP contribution in [0, 0.1) is 18.4 Å². The van der Waals surface area contributed by atoms with Crippen molar-refractivity contribution in [3.63, 3.8) is 0 Å². The second kappa shape index (κ2) is 2.17. The molecule has 0 aromatic carbocycles. The van der Waals surface area contributed by atoms with Crippen molar-refractivity contribution in [2.45, 2.75) is 6.54 Å². The lowest BCUT2D eigenvalue weighted by Crippen LogP contribution is -1.93. The summed E-state index contributed by atoms with van der Waals surface area (Å²) < 4.78 is 1.64. The highest BCUT2D eigenvalue weighted by atomic mass is 15.2. The zero-order chi connectivity index (χ0) is 5.82. The fourth-order valence-electron chi connectivity index (χ4n) is 0.440. The van der Waals surface area contributed by atoms with Gasteiger partial charge < -0.3 is 0 Å². The summed E-state index contributed by atoms with van der Waals surface area (Å²) in [6.07, 6.45) is 8.28. The third kappa shape index (κ3) is 0.881. The molecule has 1 heterocycles. The minimum absolute atomic E-state index is 0.531. The highest BCUT2D eigenvalue weighted by Gasteiger charge is 1.80. The van der Waals surface area contributed by atoms with Gasteiger partial charge in [-0.1, -0.05) is 5.92 Å². The predicted octanol–water partition coefficient (Wildman–Crippen LogP) is 0.316. The van der Waals surface area contributed by atoms with E-state index < -0.39 is 0 Å². The minimum atomic E-state index is 0.531. The number of hydrogen-bond acceptors (Lipinski definition) is 1. The average molecular weight is 105 g/mol. The summed E-state index contributed by atoms with van der Waals surface area (Å²) in [7, 11) is 0. The van der Waals surface area contributed by atoms with Crippen molar-refractivity contribution in [1.82, 2.24) is 9.78 Å². The van der Waals surface area contributed by atoms with Crippen LogP contribution in [0.4, 0.5) is 0 Å². The Morgan fingerprint density at radius 1 is 1.88 bits per heavy atom. The third-order valence-electron chi connectivity index (χ3n) is 0.757. The number of aromatic nitrogens is 2. The van der Waals surface area contributed by atoms with Gasteiger partial charge in [0.05, 0.1) is 6.20 Å². The van der Waals surface area contributed by atoms with Crippen molar-refractivity contribution in [3.05, 3.63) is 18.5 Å². The first-order valence-electron chi connectivity index (χ1n) is 2.25. The van der Waals surface area contributed by atoms with E-state index >= 15 is 0 Å². The van der Waals surface area contributed by atoms with Gasteiger partial charge in [-0.25, -0.2) is 0 Å². The second-order valence-electron chi connectivity index (χ2n) is 1.34. The van der Waals surface area contributed by atoms with Crippen LogP contribution < -0.4 is 0 Å². The van der Waals surface area contributed by atoms with Gasteiger partial charge in [-0.15, -0.1) is 6.42 Å². The van der Waals surface area contributed by atoms with E-state index in [1.807, 2.05) is 0 Å². The van der Waals surface area contributed by atoms with E-state index in [-0.39, 0.29) is 0 Å². The second-order valence-corrected chi connectivity index (χ2v) is 1.34. The summed E-state index contributed by atoms with van der Waals surface area (Å²) in [5, 5.41) is 3.82. The monoisotopic (exact) mass is 105 g/mol. The van der Waals surface area contributed by atoms with Crippen LogP contribution in [0.1, 0.15) is 0 Å². The summed E-state index contributed by atoms with van der Waals surface area (Å²) in [4.78, 5) is 0. The van der Waals surface area contributed by atoms with Crippen molar-refractivity contribution in [3.8, 4) is 12.3 Å². The van der Waals surface area contributed by atoms with E-state index in [1.54, 1.807) is 17.1 Å². The number of nitrogens with zero attached hydrogens (tertiary/aromatic N) is 2. The average Bonchev–Trinajstić information content (AvgIpc) is 2.19. The molecule has 0 spiro atoms. The number of hydrogen-bond donors (Lipinski definition) is 0. The number of terminal acetylenes is 1. The molecule has 39 valence electrons. The molecule has 1 aromatic rings. The van der Waals surface area contributed by atoms with E-state index in [4.69, 9.17) is 6.42 Å². The molecule has 8 heavy (non-hydrogen) atoms. The Balaban J connectivity index is 2.67. The third-order valence-corrected chi connectivity index (χ3v) is 0.757. The molecule has 1 radical (unpaired) electrons. The molecule has 0 amide bonds. The normalized spacial score (nSPS) is 8.38. The van der Waals surface area contributed by atoms with Crippen LogP contribution in [0.2, 0.25) is 0 Å². The van der Waals surface area contributed by atoms with Crippen molar-refractivity contribution in [2.75, 3.05) is 0 Å². The maximum atomic E-state index is 5.00. The van der Waals surface area contributed by atoms with Crippen molar-refractivity contribution < 1.29 is 0 Å². The molecule has 1 rings (SSSR count). The Morgan fingerprint density at radius 2 is 2.75 bits per heavy atom. The van der Waals surface area contributed by atoms with Crippen LogP contribution in [0.3, 0.4) is 0 Å². The molecule has 0 fully saturated rings. The van der Waals surface area contributed by atoms with E-state index in [0.717, 1.165) is 0 Å². The van der Waals surface area contributed by atoms with Crippen LogP contribution in [0.15, 0.2) is 12.4 Å². The SMILES string of the molecule is C#CCn1c[c]cn1. The van der Waals surface area contributed by atoms with Crippen LogP contribution in [-0.2, 0) is 6.54 Å². The molecule has 0 aliphatic rings. The van der Waals surface area contributed by atoms with Crippen LogP contribution in [-0.4, -0.2) is 9.78 Å². The molecule has 2 nitrogen and oxygen atoms in total. The molecule has 0 N–H and O–H groups in total. The van der Waals surface area contributed by atoms with E-state index in [2.05, 4.69) is 17.1 Å². The molecular weight excluding hydrogens is 100 g/mol.